The van der Waals surface area contributed by atoms with Crippen molar-refractivity contribution >= 4 is 39.7 Å². The van der Waals surface area contributed by atoms with Gasteiger partial charge in [0.15, 0.2) is 0 Å². The Morgan fingerprint density at radius 3 is 2.73 bits per heavy atom. The summed E-state index contributed by atoms with van der Waals surface area (Å²) in [7, 11) is 1.62. The maximum absolute atomic E-state index is 12.6. The summed E-state index contributed by atoms with van der Waals surface area (Å²) in [6, 6.07) is 10.6. The third-order valence-electron chi connectivity index (χ3n) is 5.14. The van der Waals surface area contributed by atoms with Gasteiger partial charge in [0.05, 0.1) is 25.0 Å². The first-order chi connectivity index (χ1) is 14.6. The third-order valence-corrected chi connectivity index (χ3v) is 6.22. The summed E-state index contributed by atoms with van der Waals surface area (Å²) >= 11 is 7.53. The highest BCUT2D eigenvalue weighted by Gasteiger charge is 2.33. The average molecular weight is 444 g/mol. The van der Waals surface area contributed by atoms with Crippen LogP contribution in [0.4, 0.5) is 15.5 Å². The molecule has 156 valence electrons. The normalized spacial score (nSPS) is 18.7. The summed E-state index contributed by atoms with van der Waals surface area (Å²) in [4.78, 5) is 23.7. The molecule has 2 amide bonds. The van der Waals surface area contributed by atoms with Gasteiger partial charge in [-0.05, 0) is 42.8 Å². The monoisotopic (exact) mass is 443 g/mol. The van der Waals surface area contributed by atoms with Crippen molar-refractivity contribution in [3.05, 3.63) is 65.0 Å². The molecule has 0 bridgehead atoms. The van der Waals surface area contributed by atoms with Gasteiger partial charge in [0.1, 0.15) is 10.8 Å². The topological polar surface area (TPSA) is 79.4 Å². The van der Waals surface area contributed by atoms with Crippen LogP contribution in [0.2, 0.25) is 5.02 Å². The molecule has 3 heterocycles. The second-order valence-corrected chi connectivity index (χ2v) is 8.32. The third kappa shape index (κ3) is 4.83. The van der Waals surface area contributed by atoms with Crippen LogP contribution >= 0.6 is 22.9 Å². The Balaban J connectivity index is 1.50. The van der Waals surface area contributed by atoms with Gasteiger partial charge in [-0.3, -0.25) is 9.97 Å². The van der Waals surface area contributed by atoms with Gasteiger partial charge in [-0.1, -0.05) is 11.6 Å². The number of anilines is 2. The minimum Gasteiger partial charge on any atom is -0.495 e. The molecule has 1 aliphatic heterocycles. The number of halogens is 1. The Labute approximate surface area is 184 Å². The second-order valence-electron chi connectivity index (χ2n) is 7.02. The summed E-state index contributed by atoms with van der Waals surface area (Å²) in [5, 5.41) is 7.76. The largest absolute Gasteiger partial charge is 0.495 e. The number of nitrogens with zero attached hydrogens (tertiary/aromatic N) is 3. The SMILES string of the molecule is COc1ccc(C2CN(c3cncs3)CCC2NC(=O)Nc2ccc(Cl)cc2)nc1. The van der Waals surface area contributed by atoms with Crippen molar-refractivity contribution in [2.75, 3.05) is 30.4 Å². The lowest BCUT2D eigenvalue weighted by Crippen LogP contribution is -2.51. The molecule has 1 saturated heterocycles. The first-order valence-corrected chi connectivity index (χ1v) is 10.8. The number of piperidine rings is 1. The minimum atomic E-state index is -0.243. The molecule has 2 atom stereocenters. The van der Waals surface area contributed by atoms with Crippen molar-refractivity contribution in [1.82, 2.24) is 15.3 Å². The smallest absolute Gasteiger partial charge is 0.319 e. The molecule has 1 aliphatic rings. The highest BCUT2D eigenvalue weighted by atomic mass is 35.5. The molecule has 0 spiro atoms. The van der Waals surface area contributed by atoms with Crippen molar-refractivity contribution in [3.8, 4) is 5.75 Å². The van der Waals surface area contributed by atoms with E-state index in [9.17, 15) is 4.79 Å². The lowest BCUT2D eigenvalue weighted by Gasteiger charge is -2.39. The van der Waals surface area contributed by atoms with E-state index in [2.05, 4.69) is 25.5 Å². The summed E-state index contributed by atoms with van der Waals surface area (Å²) in [6.45, 7) is 1.58. The van der Waals surface area contributed by atoms with Crippen LogP contribution in [0.1, 0.15) is 18.0 Å². The Hall–Kier alpha value is -2.84. The van der Waals surface area contributed by atoms with Crippen LogP contribution < -0.4 is 20.3 Å². The Morgan fingerprint density at radius 1 is 1.23 bits per heavy atom. The van der Waals surface area contributed by atoms with Crippen LogP contribution in [0.25, 0.3) is 0 Å². The van der Waals surface area contributed by atoms with Gasteiger partial charge >= 0.3 is 6.03 Å². The van der Waals surface area contributed by atoms with E-state index in [0.29, 0.717) is 16.5 Å². The number of amides is 2. The molecule has 0 radical (unpaired) electrons. The lowest BCUT2D eigenvalue weighted by atomic mass is 9.89. The van der Waals surface area contributed by atoms with Crippen molar-refractivity contribution < 1.29 is 9.53 Å². The molecule has 1 aromatic carbocycles. The number of nitrogens with one attached hydrogen (secondary N) is 2. The van der Waals surface area contributed by atoms with Gasteiger partial charge in [0, 0.05) is 41.5 Å². The molecular formula is C21H22ClN5O2S. The molecule has 30 heavy (non-hydrogen) atoms. The lowest BCUT2D eigenvalue weighted by molar-refractivity contribution is 0.243. The maximum Gasteiger partial charge on any atom is 0.319 e. The van der Waals surface area contributed by atoms with Gasteiger partial charge in [-0.15, -0.1) is 11.3 Å². The standard InChI is InChI=1S/C21H22ClN5O2S/c1-29-16-6-7-18(24-10-16)17-12-27(20-11-23-13-30-20)9-8-19(17)26-21(28)25-15-4-2-14(22)3-5-15/h2-7,10-11,13,17,19H,8-9,12H2,1H3,(H2,25,26,28). The zero-order valence-corrected chi connectivity index (χ0v) is 18.0. The molecule has 2 unspecified atom stereocenters. The fourth-order valence-electron chi connectivity index (χ4n) is 3.59. The number of hydrogen-bond acceptors (Lipinski definition) is 6. The number of carbonyl (C=O) groups excluding carboxylic acids is 1. The predicted octanol–water partition coefficient (Wildman–Crippen LogP) is 4.38. The molecule has 9 heteroatoms. The van der Waals surface area contributed by atoms with Gasteiger partial charge in [-0.25, -0.2) is 4.79 Å². The molecule has 0 saturated carbocycles. The van der Waals surface area contributed by atoms with E-state index < -0.39 is 0 Å². The number of benzene rings is 1. The van der Waals surface area contributed by atoms with Gasteiger partial charge in [0.2, 0.25) is 0 Å². The quantitative estimate of drug-likeness (QED) is 0.611. The number of thiazole rings is 1. The van der Waals surface area contributed by atoms with Crippen LogP contribution in [0.3, 0.4) is 0 Å². The Morgan fingerprint density at radius 2 is 2.07 bits per heavy atom. The number of rotatable bonds is 5. The summed E-state index contributed by atoms with van der Waals surface area (Å²) < 4.78 is 5.23. The first kappa shape index (κ1) is 20.4. The summed E-state index contributed by atoms with van der Waals surface area (Å²) in [5.74, 6) is 0.738. The zero-order chi connectivity index (χ0) is 20.9. The molecule has 0 aliphatic carbocycles. The van der Waals surface area contributed by atoms with E-state index in [-0.39, 0.29) is 18.0 Å². The van der Waals surface area contributed by atoms with E-state index >= 15 is 0 Å². The maximum atomic E-state index is 12.6. The molecular weight excluding hydrogens is 422 g/mol. The fourth-order valence-corrected chi connectivity index (χ4v) is 4.38. The molecule has 4 rings (SSSR count). The highest BCUT2D eigenvalue weighted by molar-refractivity contribution is 7.13. The van der Waals surface area contributed by atoms with Crippen molar-refractivity contribution in [3.63, 3.8) is 0 Å². The number of methoxy groups -OCH3 is 1. The van der Waals surface area contributed by atoms with Crippen LogP contribution in [-0.4, -0.2) is 42.2 Å². The number of urea groups is 1. The predicted molar refractivity (Wildman–Crippen MR) is 120 cm³/mol. The molecule has 1 fully saturated rings. The fraction of sp³-hybridized carbons (Fsp3) is 0.286. The van der Waals surface area contributed by atoms with Crippen LogP contribution in [0.5, 0.6) is 5.75 Å². The van der Waals surface area contributed by atoms with E-state index in [1.807, 2.05) is 23.8 Å². The van der Waals surface area contributed by atoms with E-state index in [4.69, 9.17) is 16.3 Å². The van der Waals surface area contributed by atoms with Gasteiger partial charge < -0.3 is 20.3 Å². The van der Waals surface area contributed by atoms with Gasteiger partial charge in [-0.2, -0.15) is 0 Å². The number of carbonyl (C=O) groups is 1. The van der Waals surface area contributed by atoms with Gasteiger partial charge in [0.25, 0.3) is 0 Å². The Kier molecular flexibility index (Phi) is 6.35. The van der Waals surface area contributed by atoms with Crippen molar-refractivity contribution in [1.29, 1.82) is 0 Å². The number of aromatic nitrogens is 2. The molecule has 7 nitrogen and oxygen atoms in total. The molecule has 2 N–H and O–H groups in total. The first-order valence-electron chi connectivity index (χ1n) is 9.59. The number of ether oxygens (including phenoxy) is 1. The minimum absolute atomic E-state index is 0.0303. The number of hydrogen-bond donors (Lipinski definition) is 2. The van der Waals surface area contributed by atoms with E-state index in [1.165, 1.54) is 0 Å². The average Bonchev–Trinajstić information content (AvgIpc) is 3.31. The molecule has 2 aromatic heterocycles. The molecule has 3 aromatic rings. The highest BCUT2D eigenvalue weighted by Crippen LogP contribution is 2.31. The van der Waals surface area contributed by atoms with Crippen LogP contribution in [0.15, 0.2) is 54.3 Å². The van der Waals surface area contributed by atoms with E-state index in [1.54, 1.807) is 48.9 Å². The van der Waals surface area contributed by atoms with Crippen molar-refractivity contribution in [2.24, 2.45) is 0 Å². The summed E-state index contributed by atoms with van der Waals surface area (Å²) in [6.07, 6.45) is 4.39. The van der Waals surface area contributed by atoms with Crippen LogP contribution in [-0.2, 0) is 0 Å². The Bertz CT molecular complexity index is 966. The summed E-state index contributed by atoms with van der Waals surface area (Å²) in [5.41, 5.74) is 3.44. The van der Waals surface area contributed by atoms with Crippen LogP contribution in [0, 0.1) is 0 Å². The zero-order valence-electron chi connectivity index (χ0n) is 16.4. The second kappa shape index (κ2) is 9.32. The number of pyridine rings is 1. The van der Waals surface area contributed by atoms with E-state index in [0.717, 1.165) is 30.2 Å². The van der Waals surface area contributed by atoms with Crippen molar-refractivity contribution in [2.45, 2.75) is 18.4 Å².